The van der Waals surface area contributed by atoms with E-state index in [1.165, 1.54) is 25.7 Å². The van der Waals surface area contributed by atoms with Crippen molar-refractivity contribution in [3.8, 4) is 0 Å². The van der Waals surface area contributed by atoms with Gasteiger partial charge in [-0.2, -0.15) is 0 Å². The van der Waals surface area contributed by atoms with Crippen LogP contribution < -0.4 is 0 Å². The van der Waals surface area contributed by atoms with E-state index >= 15 is 0 Å². The highest BCUT2D eigenvalue weighted by atomic mass is 16.3. The lowest BCUT2D eigenvalue weighted by Gasteiger charge is -2.39. The van der Waals surface area contributed by atoms with Gasteiger partial charge in [0.1, 0.15) is 0 Å². The molecule has 1 aliphatic carbocycles. The molecule has 1 rings (SSSR count). The zero-order valence-electron chi connectivity index (χ0n) is 10.2. The van der Waals surface area contributed by atoms with Gasteiger partial charge in [0.15, 0.2) is 0 Å². The summed E-state index contributed by atoms with van der Waals surface area (Å²) in [5, 5.41) is 10.1. The predicted octanol–water partition coefficient (Wildman–Crippen LogP) is 3.61. The quantitative estimate of drug-likeness (QED) is 0.715. The maximum atomic E-state index is 10.1. The van der Waals surface area contributed by atoms with Gasteiger partial charge in [0.2, 0.25) is 0 Å². The Kier molecular flexibility index (Phi) is 4.00. The minimum atomic E-state index is -0.447. The fourth-order valence-corrected chi connectivity index (χ4v) is 2.50. The van der Waals surface area contributed by atoms with Crippen LogP contribution in [0, 0.1) is 17.8 Å². The molecule has 84 valence electrons. The van der Waals surface area contributed by atoms with E-state index in [0.29, 0.717) is 5.92 Å². The zero-order valence-corrected chi connectivity index (χ0v) is 10.2. The van der Waals surface area contributed by atoms with Crippen molar-refractivity contribution in [2.45, 2.75) is 65.4 Å². The van der Waals surface area contributed by atoms with Crippen LogP contribution in [-0.4, -0.2) is 10.7 Å². The summed E-state index contributed by atoms with van der Waals surface area (Å²) in [6.07, 6.45) is 6.24. The van der Waals surface area contributed by atoms with Gasteiger partial charge >= 0.3 is 0 Å². The van der Waals surface area contributed by atoms with Crippen LogP contribution in [0.3, 0.4) is 0 Å². The monoisotopic (exact) mass is 198 g/mol. The van der Waals surface area contributed by atoms with Crippen molar-refractivity contribution >= 4 is 0 Å². The summed E-state index contributed by atoms with van der Waals surface area (Å²) in [6, 6.07) is 0. The Hall–Kier alpha value is -0.0400. The molecule has 0 aliphatic heterocycles. The van der Waals surface area contributed by atoms with Gasteiger partial charge in [0.25, 0.3) is 0 Å². The van der Waals surface area contributed by atoms with Crippen molar-refractivity contribution < 1.29 is 5.11 Å². The maximum absolute atomic E-state index is 10.1. The average molecular weight is 198 g/mol. The van der Waals surface area contributed by atoms with Crippen molar-refractivity contribution in [1.29, 1.82) is 0 Å². The lowest BCUT2D eigenvalue weighted by molar-refractivity contribution is -0.0167. The van der Waals surface area contributed by atoms with Gasteiger partial charge in [-0.1, -0.05) is 27.2 Å². The third kappa shape index (κ3) is 2.73. The third-order valence-electron chi connectivity index (χ3n) is 4.38. The summed E-state index contributed by atoms with van der Waals surface area (Å²) in [5.41, 5.74) is -0.447. The summed E-state index contributed by atoms with van der Waals surface area (Å²) in [6.45, 7) is 8.54. The molecule has 0 aromatic heterocycles. The third-order valence-corrected chi connectivity index (χ3v) is 4.38. The molecule has 0 bridgehead atoms. The van der Waals surface area contributed by atoms with Crippen LogP contribution in [0.5, 0.6) is 0 Å². The normalized spacial score (nSPS) is 33.2. The van der Waals surface area contributed by atoms with Gasteiger partial charge in [-0.05, 0) is 50.4 Å². The molecular weight excluding hydrogens is 172 g/mol. The topological polar surface area (TPSA) is 20.2 Å². The van der Waals surface area contributed by atoms with E-state index in [0.717, 1.165) is 18.3 Å². The number of rotatable bonds is 5. The molecule has 0 saturated heterocycles. The Morgan fingerprint density at radius 3 is 2.29 bits per heavy atom. The molecule has 1 aliphatic rings. The minimum absolute atomic E-state index is 0.447. The molecule has 1 heteroatoms. The molecule has 0 aromatic carbocycles. The number of hydrogen-bond acceptors (Lipinski definition) is 1. The molecule has 2 unspecified atom stereocenters. The Bertz CT molecular complexity index is 168. The summed E-state index contributed by atoms with van der Waals surface area (Å²) in [4.78, 5) is 0. The average Bonchev–Trinajstić information content (AvgIpc) is 2.09. The molecule has 0 spiro atoms. The maximum Gasteiger partial charge on any atom is 0.0642 e. The van der Waals surface area contributed by atoms with E-state index in [-0.39, 0.29) is 0 Å². The molecular formula is C13H26O. The standard InChI is InChI=1S/C13H26O/c1-5-11-8-12(9-11)7-10(3)13(4,14)6-2/h10-12,14H,5-9H2,1-4H3. The molecule has 0 amide bonds. The van der Waals surface area contributed by atoms with Crippen molar-refractivity contribution in [3.63, 3.8) is 0 Å². The van der Waals surface area contributed by atoms with Crippen LogP contribution in [0.15, 0.2) is 0 Å². The van der Waals surface area contributed by atoms with Crippen LogP contribution in [0.2, 0.25) is 0 Å². The SMILES string of the molecule is CCC1CC(CC(C)C(C)(O)CC)C1. The highest BCUT2D eigenvalue weighted by molar-refractivity contribution is 4.85. The summed E-state index contributed by atoms with van der Waals surface area (Å²) >= 11 is 0. The van der Waals surface area contributed by atoms with Gasteiger partial charge in [-0.25, -0.2) is 0 Å². The molecule has 1 fully saturated rings. The molecule has 14 heavy (non-hydrogen) atoms. The van der Waals surface area contributed by atoms with Crippen LogP contribution in [-0.2, 0) is 0 Å². The molecule has 1 nitrogen and oxygen atoms in total. The first-order valence-electron chi connectivity index (χ1n) is 6.22. The first kappa shape index (κ1) is 12.0. The highest BCUT2D eigenvalue weighted by Crippen LogP contribution is 2.41. The number of hydrogen-bond donors (Lipinski definition) is 1. The van der Waals surface area contributed by atoms with Gasteiger partial charge < -0.3 is 5.11 Å². The summed E-state index contributed by atoms with van der Waals surface area (Å²) in [5.74, 6) is 2.34. The number of aliphatic hydroxyl groups is 1. The van der Waals surface area contributed by atoms with Crippen molar-refractivity contribution in [3.05, 3.63) is 0 Å². The van der Waals surface area contributed by atoms with E-state index in [1.807, 2.05) is 6.92 Å². The molecule has 0 radical (unpaired) electrons. The predicted molar refractivity (Wildman–Crippen MR) is 61.2 cm³/mol. The molecule has 1 N–H and O–H groups in total. The van der Waals surface area contributed by atoms with Gasteiger partial charge in [-0.15, -0.1) is 0 Å². The zero-order chi connectivity index (χ0) is 10.8. The summed E-state index contributed by atoms with van der Waals surface area (Å²) < 4.78 is 0. The Labute approximate surface area is 88.9 Å². The lowest BCUT2D eigenvalue weighted by Crippen LogP contribution is -2.35. The molecule has 0 heterocycles. The fourth-order valence-electron chi connectivity index (χ4n) is 2.50. The highest BCUT2D eigenvalue weighted by Gasteiger charge is 2.33. The Morgan fingerprint density at radius 2 is 1.86 bits per heavy atom. The smallest absolute Gasteiger partial charge is 0.0642 e. The van der Waals surface area contributed by atoms with E-state index in [2.05, 4.69) is 20.8 Å². The van der Waals surface area contributed by atoms with E-state index in [1.54, 1.807) is 0 Å². The summed E-state index contributed by atoms with van der Waals surface area (Å²) in [7, 11) is 0. The largest absolute Gasteiger partial charge is 0.390 e. The van der Waals surface area contributed by atoms with Gasteiger partial charge in [-0.3, -0.25) is 0 Å². The molecule has 2 atom stereocenters. The second-order valence-corrected chi connectivity index (χ2v) is 5.46. The van der Waals surface area contributed by atoms with Crippen molar-refractivity contribution in [2.24, 2.45) is 17.8 Å². The first-order valence-corrected chi connectivity index (χ1v) is 6.22. The van der Waals surface area contributed by atoms with E-state index < -0.39 is 5.60 Å². The molecule has 0 aromatic rings. The lowest BCUT2D eigenvalue weighted by atomic mass is 9.68. The fraction of sp³-hybridized carbons (Fsp3) is 1.00. The van der Waals surface area contributed by atoms with Gasteiger partial charge in [0.05, 0.1) is 5.60 Å². The second kappa shape index (κ2) is 4.65. The van der Waals surface area contributed by atoms with E-state index in [9.17, 15) is 5.11 Å². The Morgan fingerprint density at radius 1 is 1.29 bits per heavy atom. The van der Waals surface area contributed by atoms with Gasteiger partial charge in [0, 0.05) is 0 Å². The van der Waals surface area contributed by atoms with Crippen LogP contribution >= 0.6 is 0 Å². The Balaban J connectivity index is 2.25. The van der Waals surface area contributed by atoms with Crippen molar-refractivity contribution in [1.82, 2.24) is 0 Å². The second-order valence-electron chi connectivity index (χ2n) is 5.46. The van der Waals surface area contributed by atoms with Crippen LogP contribution in [0.4, 0.5) is 0 Å². The minimum Gasteiger partial charge on any atom is -0.390 e. The molecule has 1 saturated carbocycles. The van der Waals surface area contributed by atoms with Crippen molar-refractivity contribution in [2.75, 3.05) is 0 Å². The first-order chi connectivity index (χ1) is 6.49. The van der Waals surface area contributed by atoms with E-state index in [4.69, 9.17) is 0 Å². The van der Waals surface area contributed by atoms with Crippen LogP contribution in [0.25, 0.3) is 0 Å². The van der Waals surface area contributed by atoms with Crippen LogP contribution in [0.1, 0.15) is 59.8 Å².